The molecular weight excluding hydrogens is 262 g/mol. The van der Waals surface area contributed by atoms with E-state index in [9.17, 15) is 5.11 Å². The second-order valence-electron chi connectivity index (χ2n) is 5.81. The molecule has 1 heterocycles. The van der Waals surface area contributed by atoms with Gasteiger partial charge in [0.25, 0.3) is 0 Å². The molecule has 0 amide bonds. The number of nitrogens with two attached hydrogens (primary N) is 1. The molecule has 21 heavy (non-hydrogen) atoms. The third kappa shape index (κ3) is 1.95. The van der Waals surface area contributed by atoms with Crippen LogP contribution < -0.4 is 5.73 Å². The lowest BCUT2D eigenvalue weighted by molar-refractivity contribution is 0.477. The van der Waals surface area contributed by atoms with Gasteiger partial charge < -0.3 is 15.4 Å². The minimum atomic E-state index is 0.184. The third-order valence-corrected chi connectivity index (χ3v) is 4.02. The van der Waals surface area contributed by atoms with E-state index in [1.807, 2.05) is 6.07 Å². The van der Waals surface area contributed by atoms with Crippen molar-refractivity contribution >= 4 is 16.7 Å². The molecule has 0 saturated heterocycles. The average Bonchev–Trinajstić information content (AvgIpc) is 3.20. The zero-order chi connectivity index (χ0) is 14.6. The van der Waals surface area contributed by atoms with Gasteiger partial charge in [-0.2, -0.15) is 0 Å². The number of aromatic hydroxyl groups is 1. The SMILES string of the molecule is Cc1ccc2c(c1)nc(-c1ccc(N)cc1O)n2C1CC1. The zero-order valence-corrected chi connectivity index (χ0v) is 11.9. The first-order valence-corrected chi connectivity index (χ1v) is 7.21. The number of phenols is 1. The molecule has 4 rings (SSSR count). The summed E-state index contributed by atoms with van der Waals surface area (Å²) in [5, 5.41) is 10.2. The fraction of sp³-hybridized carbons (Fsp3) is 0.235. The monoisotopic (exact) mass is 279 g/mol. The van der Waals surface area contributed by atoms with Crippen LogP contribution in [0.15, 0.2) is 36.4 Å². The summed E-state index contributed by atoms with van der Waals surface area (Å²) in [7, 11) is 0. The smallest absolute Gasteiger partial charge is 0.145 e. The average molecular weight is 279 g/mol. The molecule has 1 fully saturated rings. The maximum Gasteiger partial charge on any atom is 0.145 e. The van der Waals surface area contributed by atoms with Crippen molar-refractivity contribution in [2.75, 3.05) is 5.73 Å². The predicted molar refractivity (Wildman–Crippen MR) is 84.3 cm³/mol. The molecule has 0 unspecified atom stereocenters. The van der Waals surface area contributed by atoms with Crippen LogP contribution in [0.2, 0.25) is 0 Å². The molecule has 0 atom stereocenters. The Balaban J connectivity index is 2.01. The second kappa shape index (κ2) is 4.25. The molecule has 1 aliphatic rings. The van der Waals surface area contributed by atoms with Crippen molar-refractivity contribution in [3.8, 4) is 17.1 Å². The van der Waals surface area contributed by atoms with Crippen molar-refractivity contribution in [1.29, 1.82) is 0 Å². The summed E-state index contributed by atoms with van der Waals surface area (Å²) < 4.78 is 2.25. The van der Waals surface area contributed by atoms with Crippen molar-refractivity contribution in [1.82, 2.24) is 9.55 Å². The van der Waals surface area contributed by atoms with Crippen LogP contribution in [-0.2, 0) is 0 Å². The van der Waals surface area contributed by atoms with E-state index in [1.54, 1.807) is 12.1 Å². The molecular formula is C17H17N3O. The Labute approximate surface area is 122 Å². The lowest BCUT2D eigenvalue weighted by Crippen LogP contribution is -1.98. The van der Waals surface area contributed by atoms with Crippen LogP contribution >= 0.6 is 0 Å². The highest BCUT2D eigenvalue weighted by Crippen LogP contribution is 2.43. The summed E-state index contributed by atoms with van der Waals surface area (Å²) in [5.74, 6) is 1.01. The Bertz CT molecular complexity index is 847. The Kier molecular flexibility index (Phi) is 2.48. The number of aryl methyl sites for hydroxylation is 1. The first kappa shape index (κ1) is 12.3. The zero-order valence-electron chi connectivity index (χ0n) is 11.9. The maximum absolute atomic E-state index is 10.2. The van der Waals surface area contributed by atoms with Gasteiger partial charge in [0.05, 0.1) is 16.6 Å². The van der Waals surface area contributed by atoms with Gasteiger partial charge in [0.2, 0.25) is 0 Å². The number of hydrogen-bond donors (Lipinski definition) is 2. The molecule has 1 saturated carbocycles. The number of rotatable bonds is 2. The Morgan fingerprint density at radius 2 is 2.00 bits per heavy atom. The summed E-state index contributed by atoms with van der Waals surface area (Å²) in [6.07, 6.45) is 2.34. The molecule has 0 bridgehead atoms. The van der Waals surface area contributed by atoms with E-state index in [4.69, 9.17) is 10.7 Å². The minimum Gasteiger partial charge on any atom is -0.507 e. The van der Waals surface area contributed by atoms with E-state index in [0.717, 1.165) is 22.4 Å². The highest BCUT2D eigenvalue weighted by Gasteiger charge is 2.29. The van der Waals surface area contributed by atoms with E-state index in [2.05, 4.69) is 29.7 Å². The number of benzene rings is 2. The molecule has 2 aromatic carbocycles. The van der Waals surface area contributed by atoms with E-state index in [0.29, 0.717) is 11.7 Å². The summed E-state index contributed by atoms with van der Waals surface area (Å²) in [6, 6.07) is 12.0. The first-order valence-electron chi connectivity index (χ1n) is 7.21. The first-order chi connectivity index (χ1) is 10.1. The van der Waals surface area contributed by atoms with Crippen LogP contribution in [0.25, 0.3) is 22.4 Å². The van der Waals surface area contributed by atoms with Gasteiger partial charge in [-0.15, -0.1) is 0 Å². The van der Waals surface area contributed by atoms with Crippen molar-refractivity contribution in [2.24, 2.45) is 0 Å². The van der Waals surface area contributed by atoms with Crippen molar-refractivity contribution in [3.63, 3.8) is 0 Å². The van der Waals surface area contributed by atoms with Crippen LogP contribution in [0, 0.1) is 6.92 Å². The Morgan fingerprint density at radius 1 is 1.19 bits per heavy atom. The van der Waals surface area contributed by atoms with Crippen LogP contribution in [0.1, 0.15) is 24.4 Å². The quantitative estimate of drug-likeness (QED) is 0.704. The fourth-order valence-corrected chi connectivity index (χ4v) is 2.84. The van der Waals surface area contributed by atoms with Gasteiger partial charge in [-0.3, -0.25) is 0 Å². The van der Waals surface area contributed by atoms with Crippen LogP contribution in [0.3, 0.4) is 0 Å². The van der Waals surface area contributed by atoms with Gasteiger partial charge in [-0.25, -0.2) is 4.98 Å². The largest absolute Gasteiger partial charge is 0.507 e. The highest BCUT2D eigenvalue weighted by molar-refractivity contribution is 5.83. The van der Waals surface area contributed by atoms with Crippen LogP contribution in [0.5, 0.6) is 5.75 Å². The van der Waals surface area contributed by atoms with Gasteiger partial charge in [-0.05, 0) is 49.6 Å². The van der Waals surface area contributed by atoms with Gasteiger partial charge in [0.15, 0.2) is 0 Å². The predicted octanol–water partition coefficient (Wildman–Crippen LogP) is 3.63. The molecule has 1 aromatic heterocycles. The molecule has 4 heteroatoms. The number of fused-ring (bicyclic) bond motifs is 1. The summed E-state index contributed by atoms with van der Waals surface area (Å²) >= 11 is 0. The van der Waals surface area contributed by atoms with Gasteiger partial charge in [-0.1, -0.05) is 6.07 Å². The van der Waals surface area contributed by atoms with Crippen LogP contribution in [0.4, 0.5) is 5.69 Å². The lowest BCUT2D eigenvalue weighted by atomic mass is 10.1. The van der Waals surface area contributed by atoms with Crippen molar-refractivity contribution in [2.45, 2.75) is 25.8 Å². The molecule has 0 radical (unpaired) electrons. The number of aromatic nitrogens is 2. The number of imidazole rings is 1. The minimum absolute atomic E-state index is 0.184. The normalized spacial score (nSPS) is 14.7. The van der Waals surface area contributed by atoms with Gasteiger partial charge in [0.1, 0.15) is 11.6 Å². The fourth-order valence-electron chi connectivity index (χ4n) is 2.84. The van der Waals surface area contributed by atoms with Gasteiger partial charge in [0, 0.05) is 17.8 Å². The molecule has 4 nitrogen and oxygen atoms in total. The number of nitrogen functional groups attached to an aromatic ring is 1. The number of phenolic OH excluding ortho intramolecular Hbond substituents is 1. The number of nitrogens with zero attached hydrogens (tertiary/aromatic N) is 2. The molecule has 3 N–H and O–H groups in total. The second-order valence-corrected chi connectivity index (χ2v) is 5.81. The molecule has 1 aliphatic carbocycles. The molecule has 106 valence electrons. The Hall–Kier alpha value is -2.49. The number of anilines is 1. The standard InChI is InChI=1S/C17H17N3O/c1-10-2-7-15-14(8-10)19-17(20(15)12-4-5-12)13-6-3-11(18)9-16(13)21/h2-3,6-9,12,21H,4-5,18H2,1H3. The summed E-state index contributed by atoms with van der Waals surface area (Å²) in [4.78, 5) is 4.76. The van der Waals surface area contributed by atoms with Crippen molar-refractivity contribution in [3.05, 3.63) is 42.0 Å². The van der Waals surface area contributed by atoms with E-state index in [-0.39, 0.29) is 5.75 Å². The summed E-state index contributed by atoms with van der Waals surface area (Å²) in [6.45, 7) is 2.07. The topological polar surface area (TPSA) is 64.1 Å². The molecule has 0 aliphatic heterocycles. The lowest BCUT2D eigenvalue weighted by Gasteiger charge is -2.09. The summed E-state index contributed by atoms with van der Waals surface area (Å²) in [5.41, 5.74) is 10.3. The van der Waals surface area contributed by atoms with Crippen LogP contribution in [-0.4, -0.2) is 14.7 Å². The molecule has 0 spiro atoms. The Morgan fingerprint density at radius 3 is 2.71 bits per heavy atom. The van der Waals surface area contributed by atoms with Crippen molar-refractivity contribution < 1.29 is 5.11 Å². The van der Waals surface area contributed by atoms with Gasteiger partial charge >= 0.3 is 0 Å². The molecule has 3 aromatic rings. The third-order valence-electron chi connectivity index (χ3n) is 4.02. The number of hydrogen-bond acceptors (Lipinski definition) is 3. The maximum atomic E-state index is 10.2. The van der Waals surface area contributed by atoms with E-state index in [1.165, 1.54) is 18.4 Å². The highest BCUT2D eigenvalue weighted by atomic mass is 16.3. The van der Waals surface area contributed by atoms with E-state index < -0.39 is 0 Å². The van der Waals surface area contributed by atoms with E-state index >= 15 is 0 Å².